The third kappa shape index (κ3) is 6.92. The second kappa shape index (κ2) is 11.8. The van der Waals surface area contributed by atoms with Crippen molar-refractivity contribution in [1.82, 2.24) is 25.8 Å². The molecule has 1 aromatic heterocycles. The van der Waals surface area contributed by atoms with Crippen LogP contribution in [0.3, 0.4) is 0 Å². The average Bonchev–Trinajstić information content (AvgIpc) is 3.33. The van der Waals surface area contributed by atoms with Gasteiger partial charge in [-0.3, -0.25) is 19.2 Å². The van der Waals surface area contributed by atoms with Gasteiger partial charge in [-0.1, -0.05) is 45.0 Å². The number of amides is 4. The molecule has 3 N–H and O–H groups in total. The summed E-state index contributed by atoms with van der Waals surface area (Å²) in [6, 6.07) is 4.49. The number of carbonyl (C=O) groups is 4. The van der Waals surface area contributed by atoms with Crippen molar-refractivity contribution in [3.8, 4) is 10.4 Å². The fraction of sp³-hybridized carbons (Fsp3) is 0.552. The van der Waals surface area contributed by atoms with Crippen LogP contribution < -0.4 is 21.1 Å². The highest BCUT2D eigenvalue weighted by atomic mass is 32.1. The van der Waals surface area contributed by atoms with Crippen molar-refractivity contribution in [2.24, 2.45) is 5.41 Å². The zero-order valence-electron chi connectivity index (χ0n) is 24.0. The van der Waals surface area contributed by atoms with Gasteiger partial charge in [0, 0.05) is 13.6 Å². The van der Waals surface area contributed by atoms with Crippen molar-refractivity contribution in [2.75, 3.05) is 13.6 Å². The summed E-state index contributed by atoms with van der Waals surface area (Å²) >= 11 is 1.51. The largest absolute Gasteiger partial charge is 0.851 e. The Morgan fingerprint density at radius 2 is 1.83 bits per heavy atom. The van der Waals surface area contributed by atoms with Crippen molar-refractivity contribution >= 4 is 35.0 Å². The van der Waals surface area contributed by atoms with E-state index in [-0.39, 0.29) is 38.1 Å². The summed E-state index contributed by atoms with van der Waals surface area (Å²) in [5.41, 5.74) is 1.52. The highest BCUT2D eigenvalue weighted by Gasteiger charge is 2.53. The summed E-state index contributed by atoms with van der Waals surface area (Å²) in [5.74, 6) is -2.33. The Morgan fingerprint density at radius 3 is 2.37 bits per heavy atom. The molecule has 41 heavy (non-hydrogen) atoms. The smallest absolute Gasteiger partial charge is 0.258 e. The van der Waals surface area contributed by atoms with E-state index >= 15 is 0 Å². The topological polar surface area (TPSA) is 144 Å². The van der Waals surface area contributed by atoms with E-state index in [4.69, 9.17) is 0 Å². The van der Waals surface area contributed by atoms with Gasteiger partial charge in [0.25, 0.3) is 5.91 Å². The fourth-order valence-electron chi connectivity index (χ4n) is 4.95. The summed E-state index contributed by atoms with van der Waals surface area (Å²) in [6.07, 6.45) is -1.19. The number of aryl methyl sites for hydroxylation is 1. The van der Waals surface area contributed by atoms with Crippen LogP contribution in [0.1, 0.15) is 63.8 Å². The Labute approximate surface area is 243 Å². The van der Waals surface area contributed by atoms with Crippen LogP contribution in [-0.2, 0) is 19.2 Å². The molecule has 0 bridgehead atoms. The zero-order chi connectivity index (χ0) is 30.1. The molecule has 1 saturated carbocycles. The number of hydrogen-bond donors (Lipinski definition) is 3. The first-order chi connectivity index (χ1) is 19.2. The van der Waals surface area contributed by atoms with E-state index in [9.17, 15) is 28.7 Å². The molecule has 0 radical (unpaired) electrons. The number of rotatable bonds is 9. The van der Waals surface area contributed by atoms with Crippen LogP contribution in [0.25, 0.3) is 10.4 Å². The summed E-state index contributed by atoms with van der Waals surface area (Å²) < 4.78 is 14.4. The molecule has 2 heterocycles. The van der Waals surface area contributed by atoms with Crippen molar-refractivity contribution in [3.63, 3.8) is 0 Å². The number of nitrogens with one attached hydrogen (secondary N) is 3. The molecular formula is C29H37FN5O5S-. The number of nitrogens with zero attached hydrogens (tertiary/aromatic N) is 2. The maximum atomic E-state index is 14.4. The molecule has 2 aliphatic rings. The Bertz CT molecular complexity index is 1300. The van der Waals surface area contributed by atoms with E-state index in [0.717, 1.165) is 16.1 Å². The summed E-state index contributed by atoms with van der Waals surface area (Å²) in [7, 11) is 1.50. The van der Waals surface area contributed by atoms with Gasteiger partial charge in [-0.05, 0) is 42.7 Å². The molecule has 0 spiro atoms. The lowest BCUT2D eigenvalue weighted by Gasteiger charge is -2.36. The Kier molecular flexibility index (Phi) is 8.84. The fourth-order valence-corrected chi connectivity index (χ4v) is 5.77. The maximum absolute atomic E-state index is 14.4. The van der Waals surface area contributed by atoms with Gasteiger partial charge in [0.15, 0.2) is 5.67 Å². The van der Waals surface area contributed by atoms with E-state index in [1.807, 2.05) is 31.2 Å². The minimum atomic E-state index is -1.98. The van der Waals surface area contributed by atoms with E-state index in [1.165, 1.54) is 23.3 Å². The first-order valence-electron chi connectivity index (χ1n) is 13.7. The predicted molar refractivity (Wildman–Crippen MR) is 150 cm³/mol. The van der Waals surface area contributed by atoms with Crippen LogP contribution in [0.4, 0.5) is 4.39 Å². The minimum absolute atomic E-state index is 0.0537. The minimum Gasteiger partial charge on any atom is -0.851 e. The van der Waals surface area contributed by atoms with Gasteiger partial charge < -0.3 is 26.0 Å². The summed E-state index contributed by atoms with van der Waals surface area (Å²) in [4.78, 5) is 58.6. The third-order valence-electron chi connectivity index (χ3n) is 7.64. The van der Waals surface area contributed by atoms with Gasteiger partial charge in [-0.15, -0.1) is 17.4 Å². The normalized spacial score (nSPS) is 21.1. The number of thiazole rings is 1. The van der Waals surface area contributed by atoms with Crippen molar-refractivity contribution < 1.29 is 28.7 Å². The monoisotopic (exact) mass is 586 g/mol. The molecule has 4 rings (SSSR count). The molecule has 4 atom stereocenters. The number of halogens is 1. The molecule has 4 amide bonds. The molecule has 2 aromatic rings. The lowest BCUT2D eigenvalue weighted by Crippen LogP contribution is -2.59. The first-order valence-corrected chi connectivity index (χ1v) is 14.6. The molecule has 1 saturated heterocycles. The lowest BCUT2D eigenvalue weighted by atomic mass is 9.85. The Morgan fingerprint density at radius 1 is 1.17 bits per heavy atom. The van der Waals surface area contributed by atoms with Crippen LogP contribution in [-0.4, -0.2) is 71.0 Å². The van der Waals surface area contributed by atoms with Crippen LogP contribution >= 0.6 is 11.3 Å². The van der Waals surface area contributed by atoms with Gasteiger partial charge in [0.2, 0.25) is 17.7 Å². The maximum Gasteiger partial charge on any atom is 0.258 e. The van der Waals surface area contributed by atoms with E-state index < -0.39 is 53.0 Å². The number of benzene rings is 1. The zero-order valence-corrected chi connectivity index (χ0v) is 24.8. The molecule has 1 aliphatic carbocycles. The van der Waals surface area contributed by atoms with Crippen LogP contribution in [0.2, 0.25) is 0 Å². The molecule has 10 nitrogen and oxygen atoms in total. The molecule has 2 fully saturated rings. The number of alkyl halides is 1. The second-order valence-corrected chi connectivity index (χ2v) is 12.8. The predicted octanol–water partition coefficient (Wildman–Crippen LogP) is 1.77. The number of hydrogen-bond acceptors (Lipinski definition) is 7. The van der Waals surface area contributed by atoms with E-state index in [0.29, 0.717) is 5.56 Å². The standard InChI is InChI=1S/C29H37FN5O5S/c1-16-23(41-15-32-16)18-8-6-17(7-9-18)20(13-22(37)31-5)33-25(38)21-12-19(36)14-35(21)26(39)24(28(2,3)4)34-27(40)29(30)10-11-29/h6-9,15,19-21,24H,10-14H2,1-5H3,(H,31,37)(H,33,38)(H,34,40)/q-1. The van der Waals surface area contributed by atoms with Gasteiger partial charge in [0.05, 0.1) is 28.5 Å². The highest BCUT2D eigenvalue weighted by molar-refractivity contribution is 7.13. The van der Waals surface area contributed by atoms with Crippen molar-refractivity contribution in [1.29, 1.82) is 0 Å². The van der Waals surface area contributed by atoms with Gasteiger partial charge in [-0.2, -0.15) is 0 Å². The van der Waals surface area contributed by atoms with Gasteiger partial charge >= 0.3 is 0 Å². The van der Waals surface area contributed by atoms with E-state index in [2.05, 4.69) is 20.9 Å². The van der Waals surface area contributed by atoms with Gasteiger partial charge in [0.1, 0.15) is 12.1 Å². The lowest BCUT2D eigenvalue weighted by molar-refractivity contribution is -0.414. The number of aromatic nitrogens is 1. The molecule has 1 aliphatic heterocycles. The van der Waals surface area contributed by atoms with Crippen LogP contribution in [0.15, 0.2) is 29.8 Å². The number of carbonyl (C=O) groups excluding carboxylic acids is 4. The Hall–Kier alpha value is -3.38. The second-order valence-electron chi connectivity index (χ2n) is 11.9. The molecule has 222 valence electrons. The van der Waals surface area contributed by atoms with Crippen LogP contribution in [0, 0.1) is 12.3 Å². The van der Waals surface area contributed by atoms with Gasteiger partial charge in [-0.25, -0.2) is 9.37 Å². The highest BCUT2D eigenvalue weighted by Crippen LogP contribution is 2.40. The van der Waals surface area contributed by atoms with E-state index in [1.54, 1.807) is 26.3 Å². The van der Waals surface area contributed by atoms with Crippen molar-refractivity contribution in [3.05, 3.63) is 41.0 Å². The third-order valence-corrected chi connectivity index (χ3v) is 8.62. The van der Waals surface area contributed by atoms with Crippen molar-refractivity contribution in [2.45, 2.75) is 83.3 Å². The average molecular weight is 587 g/mol. The van der Waals surface area contributed by atoms with Crippen LogP contribution in [0.5, 0.6) is 0 Å². The molecule has 1 aromatic carbocycles. The number of likely N-dealkylation sites (tertiary alicyclic amines) is 1. The quantitative estimate of drug-likeness (QED) is 0.409. The Balaban J connectivity index is 1.54. The SMILES string of the molecule is CNC(=O)CC(NC(=O)C1CC([O-])CN1C(=O)C(NC(=O)C1(F)CC1)C(C)(C)C)c1ccc(-c2scnc2C)cc1. The molecule has 12 heteroatoms. The molecular weight excluding hydrogens is 549 g/mol. The summed E-state index contributed by atoms with van der Waals surface area (Å²) in [5, 5.41) is 20.6. The summed E-state index contributed by atoms with van der Waals surface area (Å²) in [6.45, 7) is 6.88. The first kappa shape index (κ1) is 30.6. The molecule has 4 unspecified atom stereocenters.